The van der Waals surface area contributed by atoms with E-state index < -0.39 is 10.8 Å². The van der Waals surface area contributed by atoms with Gasteiger partial charge in [0, 0.05) is 16.7 Å². The van der Waals surface area contributed by atoms with E-state index in [0.29, 0.717) is 11.8 Å². The predicted molar refractivity (Wildman–Crippen MR) is 79.6 cm³/mol. The molecule has 0 heterocycles. The minimum Gasteiger partial charge on any atom is -0.313 e. The molecule has 1 N–H and O–H groups in total. The van der Waals surface area contributed by atoms with Gasteiger partial charge < -0.3 is 5.32 Å². The third-order valence-corrected chi connectivity index (χ3v) is 4.71. The van der Waals surface area contributed by atoms with Gasteiger partial charge in [-0.3, -0.25) is 4.21 Å². The molecule has 0 bridgehead atoms. The zero-order valence-electron chi connectivity index (χ0n) is 12.0. The molecular weight excluding hydrogens is 242 g/mol. The predicted octanol–water partition coefficient (Wildman–Crippen LogP) is 3.19. The van der Waals surface area contributed by atoms with Crippen molar-refractivity contribution in [3.8, 4) is 0 Å². The van der Waals surface area contributed by atoms with Gasteiger partial charge in [0.05, 0.1) is 10.8 Å². The van der Waals surface area contributed by atoms with Crippen molar-refractivity contribution in [2.45, 2.75) is 51.5 Å². The molecule has 0 aliphatic rings. The van der Waals surface area contributed by atoms with Crippen molar-refractivity contribution >= 4 is 10.8 Å². The molecule has 1 aromatic rings. The fourth-order valence-electron chi connectivity index (χ4n) is 2.11. The zero-order chi connectivity index (χ0) is 13.5. The number of hydrogen-bond acceptors (Lipinski definition) is 2. The van der Waals surface area contributed by atoms with Crippen molar-refractivity contribution < 1.29 is 4.21 Å². The summed E-state index contributed by atoms with van der Waals surface area (Å²) in [5, 5.41) is 3.43. The van der Waals surface area contributed by atoms with E-state index >= 15 is 0 Å². The van der Waals surface area contributed by atoms with Gasteiger partial charge in [0.15, 0.2) is 0 Å². The summed E-state index contributed by atoms with van der Waals surface area (Å²) in [5.41, 5.74) is 2.31. The molecule has 0 aliphatic carbocycles. The van der Waals surface area contributed by atoms with Crippen molar-refractivity contribution in [3.05, 3.63) is 29.3 Å². The van der Waals surface area contributed by atoms with Gasteiger partial charge in [0.2, 0.25) is 0 Å². The molecule has 2 unspecified atom stereocenters. The average Bonchev–Trinajstić information content (AvgIpc) is 2.33. The van der Waals surface area contributed by atoms with Gasteiger partial charge >= 0.3 is 0 Å². The second kappa shape index (κ2) is 7.70. The molecule has 102 valence electrons. The Balaban J connectivity index is 2.76. The molecule has 0 spiro atoms. The van der Waals surface area contributed by atoms with Gasteiger partial charge in [-0.25, -0.2) is 0 Å². The zero-order valence-corrected chi connectivity index (χ0v) is 12.8. The number of benzene rings is 1. The van der Waals surface area contributed by atoms with E-state index in [1.807, 2.05) is 13.8 Å². The van der Waals surface area contributed by atoms with Crippen LogP contribution >= 0.6 is 0 Å². The quantitative estimate of drug-likeness (QED) is 0.822. The summed E-state index contributed by atoms with van der Waals surface area (Å²) in [4.78, 5) is 0.994. The van der Waals surface area contributed by atoms with Crippen LogP contribution in [0.25, 0.3) is 0 Å². The van der Waals surface area contributed by atoms with Crippen molar-refractivity contribution in [2.24, 2.45) is 0 Å². The van der Waals surface area contributed by atoms with Gasteiger partial charge in [0.1, 0.15) is 0 Å². The molecule has 0 amide bonds. The van der Waals surface area contributed by atoms with Crippen LogP contribution in [-0.2, 0) is 10.8 Å². The summed E-state index contributed by atoms with van der Waals surface area (Å²) in [7, 11) is -0.901. The largest absolute Gasteiger partial charge is 0.313 e. The van der Waals surface area contributed by atoms with Crippen LogP contribution in [0.4, 0.5) is 0 Å². The summed E-state index contributed by atoms with van der Waals surface area (Å²) in [6.07, 6.45) is 2.21. The molecule has 18 heavy (non-hydrogen) atoms. The maximum atomic E-state index is 12.4. The minimum absolute atomic E-state index is 0.362. The molecule has 0 saturated heterocycles. The van der Waals surface area contributed by atoms with Crippen molar-refractivity contribution in [1.29, 1.82) is 0 Å². The van der Waals surface area contributed by atoms with Crippen molar-refractivity contribution in [3.63, 3.8) is 0 Å². The molecule has 0 fully saturated rings. The maximum Gasteiger partial charge on any atom is 0.0548 e. The number of aryl methyl sites for hydroxylation is 2. The van der Waals surface area contributed by atoms with E-state index in [1.165, 1.54) is 5.56 Å². The summed E-state index contributed by atoms with van der Waals surface area (Å²) < 4.78 is 12.4. The monoisotopic (exact) mass is 267 g/mol. The highest BCUT2D eigenvalue weighted by molar-refractivity contribution is 7.85. The highest BCUT2D eigenvalue weighted by Crippen LogP contribution is 2.16. The van der Waals surface area contributed by atoms with E-state index in [-0.39, 0.29) is 0 Å². The maximum absolute atomic E-state index is 12.4. The number of rotatable bonds is 7. The van der Waals surface area contributed by atoms with Gasteiger partial charge in [0.25, 0.3) is 0 Å². The molecule has 1 aromatic carbocycles. The Morgan fingerprint density at radius 2 is 2.00 bits per heavy atom. The molecule has 0 aromatic heterocycles. The van der Waals surface area contributed by atoms with E-state index in [0.717, 1.165) is 29.8 Å². The smallest absolute Gasteiger partial charge is 0.0548 e. The minimum atomic E-state index is -0.901. The van der Waals surface area contributed by atoms with E-state index in [9.17, 15) is 4.21 Å². The Morgan fingerprint density at radius 1 is 1.28 bits per heavy atom. The van der Waals surface area contributed by atoms with E-state index in [4.69, 9.17) is 0 Å². The van der Waals surface area contributed by atoms with Crippen LogP contribution in [0, 0.1) is 13.8 Å². The molecule has 0 radical (unpaired) electrons. The average molecular weight is 267 g/mol. The van der Waals surface area contributed by atoms with Crippen molar-refractivity contribution in [2.75, 3.05) is 12.3 Å². The summed E-state index contributed by atoms with van der Waals surface area (Å²) in [6.45, 7) is 9.30. The van der Waals surface area contributed by atoms with Gasteiger partial charge in [-0.05, 0) is 44.0 Å². The first-order chi connectivity index (χ1) is 8.58. The third-order valence-electron chi connectivity index (χ3n) is 3.07. The second-order valence-electron chi connectivity index (χ2n) is 4.82. The Bertz CT molecular complexity index is 397. The second-order valence-corrected chi connectivity index (χ2v) is 6.29. The molecule has 0 aliphatic heterocycles. The van der Waals surface area contributed by atoms with Crippen LogP contribution in [-0.4, -0.2) is 22.5 Å². The lowest BCUT2D eigenvalue weighted by atomic mass is 10.2. The topological polar surface area (TPSA) is 29.1 Å². The SMILES string of the molecule is CCCC(CS(=O)c1cc(C)ccc1C)NCC. The number of hydrogen-bond donors (Lipinski definition) is 1. The van der Waals surface area contributed by atoms with Crippen LogP contribution in [0.1, 0.15) is 37.8 Å². The fourth-order valence-corrected chi connectivity index (χ4v) is 3.68. The standard InChI is InChI=1S/C15H25NOS/c1-5-7-14(16-6-2)11-18(17)15-10-12(3)8-9-13(15)4/h8-10,14,16H,5-7,11H2,1-4H3. The van der Waals surface area contributed by atoms with Crippen LogP contribution in [0.2, 0.25) is 0 Å². The Labute approximate surface area is 114 Å². The molecule has 2 atom stereocenters. The third kappa shape index (κ3) is 4.54. The molecule has 3 heteroatoms. The lowest BCUT2D eigenvalue weighted by molar-refractivity contribution is 0.525. The summed E-state index contributed by atoms with van der Waals surface area (Å²) in [5.74, 6) is 0.714. The normalized spacial score (nSPS) is 14.4. The first-order valence-electron chi connectivity index (χ1n) is 6.77. The van der Waals surface area contributed by atoms with E-state index in [2.05, 4.69) is 37.4 Å². The van der Waals surface area contributed by atoms with Crippen LogP contribution in [0.15, 0.2) is 23.1 Å². The highest BCUT2D eigenvalue weighted by atomic mass is 32.2. The summed E-state index contributed by atoms with van der Waals surface area (Å²) >= 11 is 0. The molecular formula is C15H25NOS. The highest BCUT2D eigenvalue weighted by Gasteiger charge is 2.14. The van der Waals surface area contributed by atoms with Crippen molar-refractivity contribution in [1.82, 2.24) is 5.32 Å². The molecule has 1 rings (SSSR count). The molecule has 0 saturated carbocycles. The van der Waals surface area contributed by atoms with E-state index in [1.54, 1.807) is 0 Å². The Hall–Kier alpha value is -0.670. The summed E-state index contributed by atoms with van der Waals surface area (Å²) in [6, 6.07) is 6.55. The molecule has 2 nitrogen and oxygen atoms in total. The van der Waals surface area contributed by atoms with Gasteiger partial charge in [-0.1, -0.05) is 32.4 Å². The lowest BCUT2D eigenvalue weighted by Crippen LogP contribution is -2.33. The van der Waals surface area contributed by atoms with Crippen LogP contribution < -0.4 is 5.32 Å². The Morgan fingerprint density at radius 3 is 2.61 bits per heavy atom. The van der Waals surface area contributed by atoms with Crippen LogP contribution in [0.5, 0.6) is 0 Å². The Kier molecular flexibility index (Phi) is 6.58. The first kappa shape index (κ1) is 15.4. The first-order valence-corrected chi connectivity index (χ1v) is 8.09. The number of nitrogens with one attached hydrogen (secondary N) is 1. The lowest BCUT2D eigenvalue weighted by Gasteiger charge is -2.17. The van der Waals surface area contributed by atoms with Gasteiger partial charge in [-0.2, -0.15) is 0 Å². The van der Waals surface area contributed by atoms with Crippen LogP contribution in [0.3, 0.4) is 0 Å². The fraction of sp³-hybridized carbons (Fsp3) is 0.600. The van der Waals surface area contributed by atoms with Gasteiger partial charge in [-0.15, -0.1) is 0 Å².